The third-order valence-corrected chi connectivity index (χ3v) is 2.77. The summed E-state index contributed by atoms with van der Waals surface area (Å²) in [6.07, 6.45) is 2.16. The molecule has 0 aromatic heterocycles. The van der Waals surface area contributed by atoms with Crippen LogP contribution in [0.1, 0.15) is 26.2 Å². The van der Waals surface area contributed by atoms with Gasteiger partial charge in [0.2, 0.25) is 11.8 Å². The molecule has 1 aliphatic rings. The van der Waals surface area contributed by atoms with E-state index in [4.69, 9.17) is 4.74 Å². The highest BCUT2D eigenvalue weighted by atomic mass is 16.5. The number of carbonyl (C=O) groups is 2. The van der Waals surface area contributed by atoms with Gasteiger partial charge in [0, 0.05) is 38.8 Å². The van der Waals surface area contributed by atoms with Crippen LogP contribution in [0.4, 0.5) is 0 Å². The first-order valence-corrected chi connectivity index (χ1v) is 6.57. The minimum absolute atomic E-state index is 0.00911. The summed E-state index contributed by atoms with van der Waals surface area (Å²) in [6.45, 7) is 4.74. The molecule has 0 aromatic carbocycles. The smallest absolute Gasteiger partial charge is 0.234 e. The first-order chi connectivity index (χ1) is 8.72. The van der Waals surface area contributed by atoms with E-state index in [1.165, 1.54) is 0 Å². The Morgan fingerprint density at radius 3 is 2.61 bits per heavy atom. The quantitative estimate of drug-likeness (QED) is 0.532. The molecule has 0 saturated carbocycles. The summed E-state index contributed by atoms with van der Waals surface area (Å²) in [5, 5.41) is 8.62. The SMILES string of the molecule is CCNC(=O)CCNCC(=O)NC1CCOCC1. The molecule has 1 aliphatic heterocycles. The summed E-state index contributed by atoms with van der Waals surface area (Å²) < 4.78 is 5.22. The van der Waals surface area contributed by atoms with Crippen molar-refractivity contribution in [1.82, 2.24) is 16.0 Å². The van der Waals surface area contributed by atoms with Gasteiger partial charge < -0.3 is 20.7 Å². The summed E-state index contributed by atoms with van der Waals surface area (Å²) >= 11 is 0. The first kappa shape index (κ1) is 14.9. The Morgan fingerprint density at radius 2 is 1.94 bits per heavy atom. The number of amides is 2. The highest BCUT2D eigenvalue weighted by Crippen LogP contribution is 2.05. The molecule has 0 unspecified atom stereocenters. The first-order valence-electron chi connectivity index (χ1n) is 6.57. The maximum Gasteiger partial charge on any atom is 0.234 e. The van der Waals surface area contributed by atoms with Crippen molar-refractivity contribution in [3.63, 3.8) is 0 Å². The van der Waals surface area contributed by atoms with E-state index >= 15 is 0 Å². The van der Waals surface area contributed by atoms with Crippen molar-refractivity contribution in [2.75, 3.05) is 32.8 Å². The maximum absolute atomic E-state index is 11.6. The van der Waals surface area contributed by atoms with E-state index < -0.39 is 0 Å². The van der Waals surface area contributed by atoms with Crippen LogP contribution in [0.25, 0.3) is 0 Å². The molecule has 0 radical (unpaired) electrons. The predicted molar refractivity (Wildman–Crippen MR) is 68.2 cm³/mol. The van der Waals surface area contributed by atoms with Gasteiger partial charge in [0.15, 0.2) is 0 Å². The molecule has 1 rings (SSSR count). The van der Waals surface area contributed by atoms with Crippen molar-refractivity contribution in [1.29, 1.82) is 0 Å². The molecule has 0 aliphatic carbocycles. The lowest BCUT2D eigenvalue weighted by atomic mass is 10.1. The van der Waals surface area contributed by atoms with Gasteiger partial charge in [0.05, 0.1) is 6.54 Å². The molecule has 6 heteroatoms. The third kappa shape index (κ3) is 6.56. The van der Waals surface area contributed by atoms with E-state index in [2.05, 4.69) is 16.0 Å². The van der Waals surface area contributed by atoms with Gasteiger partial charge >= 0.3 is 0 Å². The van der Waals surface area contributed by atoms with Gasteiger partial charge in [0.1, 0.15) is 0 Å². The Morgan fingerprint density at radius 1 is 1.22 bits per heavy atom. The van der Waals surface area contributed by atoms with E-state index in [1.807, 2.05) is 6.92 Å². The highest BCUT2D eigenvalue weighted by Gasteiger charge is 2.15. The molecule has 1 fully saturated rings. The van der Waals surface area contributed by atoms with E-state index in [-0.39, 0.29) is 24.4 Å². The number of hydrogen-bond acceptors (Lipinski definition) is 4. The predicted octanol–water partition coefficient (Wildman–Crippen LogP) is -0.603. The van der Waals surface area contributed by atoms with Gasteiger partial charge in [0.25, 0.3) is 0 Å². The molecule has 0 spiro atoms. The largest absolute Gasteiger partial charge is 0.381 e. The molecule has 3 N–H and O–H groups in total. The maximum atomic E-state index is 11.6. The zero-order chi connectivity index (χ0) is 13.2. The van der Waals surface area contributed by atoms with Crippen molar-refractivity contribution in [3.05, 3.63) is 0 Å². The second-order valence-electron chi connectivity index (χ2n) is 4.33. The van der Waals surface area contributed by atoms with Crippen LogP contribution in [-0.4, -0.2) is 50.7 Å². The van der Waals surface area contributed by atoms with E-state index in [9.17, 15) is 9.59 Å². The number of hydrogen-bond donors (Lipinski definition) is 3. The second-order valence-corrected chi connectivity index (χ2v) is 4.33. The van der Waals surface area contributed by atoms with Crippen LogP contribution in [0.3, 0.4) is 0 Å². The average Bonchev–Trinajstić information content (AvgIpc) is 2.36. The minimum atomic E-state index is -0.0159. The Kier molecular flexibility index (Phi) is 7.36. The molecule has 104 valence electrons. The monoisotopic (exact) mass is 257 g/mol. The van der Waals surface area contributed by atoms with Gasteiger partial charge in [-0.05, 0) is 19.8 Å². The Hall–Kier alpha value is -1.14. The molecule has 0 atom stereocenters. The fourth-order valence-corrected chi connectivity index (χ4v) is 1.81. The Bertz CT molecular complexity index is 265. The van der Waals surface area contributed by atoms with Crippen molar-refractivity contribution < 1.29 is 14.3 Å². The van der Waals surface area contributed by atoms with Gasteiger partial charge in [-0.25, -0.2) is 0 Å². The molecule has 2 amide bonds. The third-order valence-electron chi connectivity index (χ3n) is 2.77. The molecule has 1 saturated heterocycles. The number of nitrogens with one attached hydrogen (secondary N) is 3. The fourth-order valence-electron chi connectivity index (χ4n) is 1.81. The number of carbonyl (C=O) groups excluding carboxylic acids is 2. The number of rotatable bonds is 7. The minimum Gasteiger partial charge on any atom is -0.381 e. The summed E-state index contributed by atoms with van der Waals surface area (Å²) in [4.78, 5) is 22.7. The van der Waals surface area contributed by atoms with Crippen molar-refractivity contribution >= 4 is 11.8 Å². The van der Waals surface area contributed by atoms with Crippen LogP contribution in [0.5, 0.6) is 0 Å². The average molecular weight is 257 g/mol. The highest BCUT2D eigenvalue weighted by molar-refractivity contribution is 5.78. The van der Waals surface area contributed by atoms with Crippen molar-refractivity contribution in [2.24, 2.45) is 0 Å². The summed E-state index contributed by atoms with van der Waals surface area (Å²) in [5.41, 5.74) is 0. The fraction of sp³-hybridized carbons (Fsp3) is 0.833. The second kappa shape index (κ2) is 8.88. The van der Waals surface area contributed by atoms with Gasteiger partial charge in [-0.15, -0.1) is 0 Å². The molecule has 6 nitrogen and oxygen atoms in total. The normalized spacial score (nSPS) is 16.3. The van der Waals surface area contributed by atoms with Crippen LogP contribution in [0.15, 0.2) is 0 Å². The van der Waals surface area contributed by atoms with E-state index in [0.717, 1.165) is 26.1 Å². The molecule has 0 bridgehead atoms. The zero-order valence-electron chi connectivity index (χ0n) is 11.0. The van der Waals surface area contributed by atoms with Crippen LogP contribution >= 0.6 is 0 Å². The summed E-state index contributed by atoms with van der Waals surface area (Å²) in [6, 6.07) is 0.233. The van der Waals surface area contributed by atoms with E-state index in [0.29, 0.717) is 19.5 Å². The lowest BCUT2D eigenvalue weighted by Crippen LogP contribution is -2.43. The molecule has 1 heterocycles. The lowest BCUT2D eigenvalue weighted by molar-refractivity contribution is -0.123. The Labute approximate surface area is 108 Å². The van der Waals surface area contributed by atoms with Crippen molar-refractivity contribution in [2.45, 2.75) is 32.2 Å². The summed E-state index contributed by atoms with van der Waals surface area (Å²) in [7, 11) is 0. The van der Waals surface area contributed by atoms with Crippen LogP contribution in [-0.2, 0) is 14.3 Å². The molecule has 18 heavy (non-hydrogen) atoms. The molecular weight excluding hydrogens is 234 g/mol. The standard InChI is InChI=1S/C12H23N3O3/c1-2-14-11(16)3-6-13-9-12(17)15-10-4-7-18-8-5-10/h10,13H,2-9H2,1H3,(H,14,16)(H,15,17). The number of ether oxygens (including phenoxy) is 1. The van der Waals surface area contributed by atoms with Crippen LogP contribution in [0.2, 0.25) is 0 Å². The van der Waals surface area contributed by atoms with E-state index in [1.54, 1.807) is 0 Å². The van der Waals surface area contributed by atoms with Gasteiger partial charge in [-0.1, -0.05) is 0 Å². The van der Waals surface area contributed by atoms with Gasteiger partial charge in [-0.2, -0.15) is 0 Å². The summed E-state index contributed by atoms with van der Waals surface area (Å²) in [5.74, 6) is -0.00682. The molecular formula is C12H23N3O3. The van der Waals surface area contributed by atoms with Crippen LogP contribution in [0, 0.1) is 0 Å². The van der Waals surface area contributed by atoms with Crippen LogP contribution < -0.4 is 16.0 Å². The topological polar surface area (TPSA) is 79.5 Å². The molecule has 0 aromatic rings. The van der Waals surface area contributed by atoms with Gasteiger partial charge in [-0.3, -0.25) is 9.59 Å². The van der Waals surface area contributed by atoms with Crippen molar-refractivity contribution in [3.8, 4) is 0 Å². The Balaban J connectivity index is 2.01. The zero-order valence-corrected chi connectivity index (χ0v) is 11.0. The lowest BCUT2D eigenvalue weighted by Gasteiger charge is -2.23.